The Balaban J connectivity index is 1.83. The Kier molecular flexibility index (Phi) is 4.01. The Hall–Kier alpha value is -2.10. The number of pyridine rings is 1. The van der Waals surface area contributed by atoms with Gasteiger partial charge in [-0.2, -0.15) is 0 Å². The highest BCUT2D eigenvalue weighted by Gasteiger charge is 2.18. The fourth-order valence-electron chi connectivity index (χ4n) is 3.27. The third-order valence-corrected chi connectivity index (χ3v) is 4.46. The first-order valence-electron chi connectivity index (χ1n) is 7.95. The summed E-state index contributed by atoms with van der Waals surface area (Å²) in [7, 11) is 0. The number of carbonyl (C=O) groups is 1. The van der Waals surface area contributed by atoms with E-state index >= 15 is 0 Å². The van der Waals surface area contributed by atoms with Crippen LogP contribution in [-0.2, 0) is 11.2 Å². The summed E-state index contributed by atoms with van der Waals surface area (Å²) in [6.45, 7) is 5.80. The van der Waals surface area contributed by atoms with Gasteiger partial charge in [0.05, 0.1) is 0 Å². The average Bonchev–Trinajstić information content (AvgIpc) is 2.99. The molecular weight excluding hydrogens is 276 g/mol. The Morgan fingerprint density at radius 3 is 2.64 bits per heavy atom. The minimum atomic E-state index is -0.0771. The predicted molar refractivity (Wildman–Crippen MR) is 88.2 cm³/mol. The molecule has 1 amide bonds. The van der Waals surface area contributed by atoms with Crippen LogP contribution in [0.1, 0.15) is 36.0 Å². The first-order chi connectivity index (χ1) is 10.5. The summed E-state index contributed by atoms with van der Waals surface area (Å²) in [5.74, 6) is 0.164. The van der Waals surface area contributed by atoms with E-state index in [4.69, 9.17) is 0 Å². The maximum absolute atomic E-state index is 12.2. The molecule has 1 fully saturated rings. The van der Waals surface area contributed by atoms with Crippen molar-refractivity contribution < 1.29 is 4.79 Å². The smallest absolute Gasteiger partial charge is 0.251 e. The number of H-pyrrole nitrogens is 1. The largest absolute Gasteiger partial charge is 0.343 e. The number of hydrogen-bond donors (Lipinski definition) is 1. The second kappa shape index (κ2) is 5.95. The van der Waals surface area contributed by atoms with Crippen LogP contribution < -0.4 is 5.56 Å². The van der Waals surface area contributed by atoms with Crippen LogP contribution in [-0.4, -0.2) is 28.9 Å². The van der Waals surface area contributed by atoms with Crippen molar-refractivity contribution in [3.63, 3.8) is 0 Å². The first kappa shape index (κ1) is 14.8. The molecule has 1 aliphatic heterocycles. The second-order valence-electron chi connectivity index (χ2n) is 6.25. The summed E-state index contributed by atoms with van der Waals surface area (Å²) < 4.78 is 0. The maximum atomic E-state index is 12.2. The third-order valence-electron chi connectivity index (χ3n) is 4.46. The van der Waals surface area contributed by atoms with Crippen LogP contribution in [0, 0.1) is 13.8 Å². The van der Waals surface area contributed by atoms with E-state index in [0.29, 0.717) is 18.4 Å². The summed E-state index contributed by atoms with van der Waals surface area (Å²) in [6.07, 6.45) is 3.12. The number of fused-ring (bicyclic) bond motifs is 1. The van der Waals surface area contributed by atoms with Gasteiger partial charge in [-0.25, -0.2) is 0 Å². The van der Waals surface area contributed by atoms with Gasteiger partial charge in [0.25, 0.3) is 5.56 Å². The van der Waals surface area contributed by atoms with E-state index < -0.39 is 0 Å². The Bertz CT molecular complexity index is 770. The molecule has 2 heterocycles. The quantitative estimate of drug-likeness (QED) is 0.947. The van der Waals surface area contributed by atoms with Crippen LogP contribution in [0.2, 0.25) is 0 Å². The van der Waals surface area contributed by atoms with Gasteiger partial charge >= 0.3 is 0 Å². The number of aryl methyl sites for hydroxylation is 3. The summed E-state index contributed by atoms with van der Waals surface area (Å²) in [5.41, 5.74) is 3.78. The van der Waals surface area contributed by atoms with Gasteiger partial charge in [-0.3, -0.25) is 9.59 Å². The van der Waals surface area contributed by atoms with Gasteiger partial charge in [-0.15, -0.1) is 0 Å². The molecule has 0 saturated carbocycles. The van der Waals surface area contributed by atoms with Crippen LogP contribution in [0.15, 0.2) is 23.0 Å². The lowest BCUT2D eigenvalue weighted by Gasteiger charge is -2.15. The van der Waals surface area contributed by atoms with Gasteiger partial charge in [0.1, 0.15) is 0 Å². The fourth-order valence-corrected chi connectivity index (χ4v) is 3.27. The highest BCUT2D eigenvalue weighted by molar-refractivity contribution is 5.83. The number of benzene rings is 1. The lowest BCUT2D eigenvalue weighted by molar-refractivity contribution is -0.130. The molecule has 2 aromatic rings. The average molecular weight is 298 g/mol. The normalized spacial score (nSPS) is 14.7. The Morgan fingerprint density at radius 1 is 1.18 bits per heavy atom. The minimum absolute atomic E-state index is 0.0771. The molecule has 116 valence electrons. The zero-order chi connectivity index (χ0) is 15.7. The number of rotatable bonds is 3. The molecule has 1 aromatic heterocycles. The van der Waals surface area contributed by atoms with E-state index in [-0.39, 0.29) is 11.5 Å². The van der Waals surface area contributed by atoms with E-state index in [1.54, 1.807) is 0 Å². The summed E-state index contributed by atoms with van der Waals surface area (Å²) >= 11 is 0. The van der Waals surface area contributed by atoms with E-state index in [1.165, 1.54) is 0 Å². The van der Waals surface area contributed by atoms with Gasteiger partial charge in [-0.1, -0.05) is 6.07 Å². The highest BCUT2D eigenvalue weighted by atomic mass is 16.2. The number of nitrogens with zero attached hydrogens (tertiary/aromatic N) is 1. The molecule has 0 aliphatic carbocycles. The standard InChI is InChI=1S/C18H22N2O2/c1-12-9-13(2)15-11-14(18(22)19-16(15)10-12)5-6-17(21)20-7-3-4-8-20/h9-11H,3-8H2,1-2H3,(H,19,22). The zero-order valence-corrected chi connectivity index (χ0v) is 13.2. The second-order valence-corrected chi connectivity index (χ2v) is 6.25. The number of amides is 1. The van der Waals surface area contributed by atoms with E-state index in [2.05, 4.69) is 11.1 Å². The molecule has 3 rings (SSSR count). The number of aromatic amines is 1. The van der Waals surface area contributed by atoms with Crippen molar-refractivity contribution in [2.45, 2.75) is 39.5 Å². The van der Waals surface area contributed by atoms with Gasteiger partial charge in [0.15, 0.2) is 0 Å². The molecule has 0 unspecified atom stereocenters. The van der Waals surface area contributed by atoms with Crippen LogP contribution in [0.25, 0.3) is 10.9 Å². The number of carbonyl (C=O) groups excluding carboxylic acids is 1. The molecule has 0 spiro atoms. The number of hydrogen-bond acceptors (Lipinski definition) is 2. The van der Waals surface area contributed by atoms with E-state index in [1.807, 2.05) is 30.9 Å². The van der Waals surface area contributed by atoms with Gasteiger partial charge < -0.3 is 9.88 Å². The van der Waals surface area contributed by atoms with E-state index in [9.17, 15) is 9.59 Å². The van der Waals surface area contributed by atoms with Gasteiger partial charge in [0.2, 0.25) is 5.91 Å². The number of aromatic nitrogens is 1. The lowest BCUT2D eigenvalue weighted by atomic mass is 10.0. The molecule has 4 heteroatoms. The molecule has 1 aliphatic rings. The Morgan fingerprint density at radius 2 is 1.91 bits per heavy atom. The summed E-state index contributed by atoms with van der Waals surface area (Å²) in [5, 5.41) is 1.06. The van der Waals surface area contributed by atoms with E-state index in [0.717, 1.165) is 48.0 Å². The fraction of sp³-hybridized carbons (Fsp3) is 0.444. The van der Waals surface area contributed by atoms with Crippen LogP contribution in [0.5, 0.6) is 0 Å². The van der Waals surface area contributed by atoms with Gasteiger partial charge in [0, 0.05) is 36.0 Å². The Labute approximate surface area is 130 Å². The number of nitrogens with one attached hydrogen (secondary N) is 1. The molecule has 0 bridgehead atoms. The van der Waals surface area contributed by atoms with Gasteiger partial charge in [-0.05, 0) is 56.4 Å². The van der Waals surface area contributed by atoms with Crippen molar-refractivity contribution in [1.82, 2.24) is 9.88 Å². The zero-order valence-electron chi connectivity index (χ0n) is 13.2. The van der Waals surface area contributed by atoms with Crippen LogP contribution in [0.3, 0.4) is 0 Å². The maximum Gasteiger partial charge on any atom is 0.251 e. The third kappa shape index (κ3) is 2.91. The van der Waals surface area contributed by atoms with Crippen molar-refractivity contribution in [3.8, 4) is 0 Å². The summed E-state index contributed by atoms with van der Waals surface area (Å²) in [6, 6.07) is 6.04. The molecule has 1 saturated heterocycles. The van der Waals surface area contributed by atoms with Crippen molar-refractivity contribution in [3.05, 3.63) is 45.2 Å². The number of likely N-dealkylation sites (tertiary alicyclic amines) is 1. The monoisotopic (exact) mass is 298 g/mol. The van der Waals surface area contributed by atoms with Crippen molar-refractivity contribution in [2.75, 3.05) is 13.1 Å². The topological polar surface area (TPSA) is 53.2 Å². The van der Waals surface area contributed by atoms with Crippen molar-refractivity contribution >= 4 is 16.8 Å². The molecule has 1 aromatic carbocycles. The highest BCUT2D eigenvalue weighted by Crippen LogP contribution is 2.19. The molecule has 4 nitrogen and oxygen atoms in total. The molecular formula is C18H22N2O2. The molecule has 0 radical (unpaired) electrons. The van der Waals surface area contributed by atoms with Crippen LogP contribution >= 0.6 is 0 Å². The van der Waals surface area contributed by atoms with Crippen molar-refractivity contribution in [2.24, 2.45) is 0 Å². The molecule has 0 atom stereocenters. The predicted octanol–water partition coefficient (Wildman–Crippen LogP) is 2.70. The van der Waals surface area contributed by atoms with Crippen LogP contribution in [0.4, 0.5) is 0 Å². The molecule has 22 heavy (non-hydrogen) atoms. The summed E-state index contributed by atoms with van der Waals surface area (Å²) in [4.78, 5) is 29.2. The van der Waals surface area contributed by atoms with Crippen molar-refractivity contribution in [1.29, 1.82) is 0 Å². The minimum Gasteiger partial charge on any atom is -0.343 e. The molecule has 1 N–H and O–H groups in total. The first-order valence-corrected chi connectivity index (χ1v) is 7.95. The lowest BCUT2D eigenvalue weighted by Crippen LogP contribution is -2.28. The SMILES string of the molecule is Cc1cc(C)c2cc(CCC(=O)N3CCCC3)c(=O)[nH]c2c1.